The van der Waals surface area contributed by atoms with E-state index >= 15 is 0 Å². The molecule has 0 saturated carbocycles. The van der Waals surface area contributed by atoms with Gasteiger partial charge in [-0.05, 0) is 30.5 Å². The molecule has 7 heteroatoms. The van der Waals surface area contributed by atoms with Gasteiger partial charge < -0.3 is 10.2 Å². The highest BCUT2D eigenvalue weighted by Gasteiger charge is 2.26. The van der Waals surface area contributed by atoms with Gasteiger partial charge in [-0.3, -0.25) is 9.69 Å². The van der Waals surface area contributed by atoms with Gasteiger partial charge in [-0.15, -0.1) is 11.3 Å². The molecule has 1 fully saturated rings. The number of rotatable bonds is 5. The van der Waals surface area contributed by atoms with E-state index in [1.165, 1.54) is 11.3 Å². The third-order valence-corrected chi connectivity index (χ3v) is 5.85. The molecule has 1 saturated heterocycles. The van der Waals surface area contributed by atoms with Crippen molar-refractivity contribution in [1.82, 2.24) is 9.88 Å². The number of thiazole rings is 1. The monoisotopic (exact) mass is 372 g/mol. The SMILES string of the molecule is CC(C)c1cnc(NC(=O)[C@@H](C)c2ccc(N3CCN(C)C3=O)cc2)s1. The van der Waals surface area contributed by atoms with Crippen LogP contribution in [0, 0.1) is 0 Å². The zero-order chi connectivity index (χ0) is 18.8. The lowest BCUT2D eigenvalue weighted by atomic mass is 10.00. The number of anilines is 2. The van der Waals surface area contributed by atoms with E-state index in [0.29, 0.717) is 17.6 Å². The molecule has 0 unspecified atom stereocenters. The molecule has 2 heterocycles. The fourth-order valence-corrected chi connectivity index (χ4v) is 3.63. The van der Waals surface area contributed by atoms with Gasteiger partial charge in [-0.1, -0.05) is 26.0 Å². The number of hydrogen-bond donors (Lipinski definition) is 1. The molecule has 6 nitrogen and oxygen atoms in total. The Balaban J connectivity index is 1.66. The maximum Gasteiger partial charge on any atom is 0.324 e. The Labute approximate surface area is 157 Å². The molecule has 0 bridgehead atoms. The Morgan fingerprint density at radius 3 is 2.42 bits per heavy atom. The first kappa shape index (κ1) is 18.4. The van der Waals surface area contributed by atoms with Crippen LogP contribution < -0.4 is 10.2 Å². The summed E-state index contributed by atoms with van der Waals surface area (Å²) >= 11 is 1.51. The minimum atomic E-state index is -0.299. The highest BCUT2D eigenvalue weighted by molar-refractivity contribution is 7.15. The number of carbonyl (C=O) groups is 2. The fourth-order valence-electron chi connectivity index (χ4n) is 2.81. The van der Waals surface area contributed by atoms with E-state index in [4.69, 9.17) is 0 Å². The summed E-state index contributed by atoms with van der Waals surface area (Å²) in [5, 5.41) is 3.53. The van der Waals surface area contributed by atoms with Crippen molar-refractivity contribution in [3.63, 3.8) is 0 Å². The van der Waals surface area contributed by atoms with Crippen LogP contribution in [0.25, 0.3) is 0 Å². The van der Waals surface area contributed by atoms with E-state index in [1.807, 2.05) is 37.4 Å². The van der Waals surface area contributed by atoms with Crippen LogP contribution >= 0.6 is 11.3 Å². The van der Waals surface area contributed by atoms with Crippen molar-refractivity contribution in [2.75, 3.05) is 30.4 Å². The van der Waals surface area contributed by atoms with Gasteiger partial charge in [0, 0.05) is 36.9 Å². The molecule has 1 aliphatic heterocycles. The van der Waals surface area contributed by atoms with Gasteiger partial charge in [0.1, 0.15) is 0 Å². The average molecular weight is 372 g/mol. The fraction of sp³-hybridized carbons (Fsp3) is 0.421. The van der Waals surface area contributed by atoms with E-state index in [1.54, 1.807) is 16.8 Å². The largest absolute Gasteiger partial charge is 0.326 e. The average Bonchev–Trinajstić information content (AvgIpc) is 3.22. The molecule has 3 amide bonds. The van der Waals surface area contributed by atoms with Gasteiger partial charge >= 0.3 is 6.03 Å². The lowest BCUT2D eigenvalue weighted by molar-refractivity contribution is -0.117. The number of nitrogens with one attached hydrogen (secondary N) is 1. The molecule has 0 aliphatic carbocycles. The molecule has 3 rings (SSSR count). The molecule has 1 atom stereocenters. The molecular weight excluding hydrogens is 348 g/mol. The standard InChI is InChI=1S/C19H24N4O2S/c1-12(2)16-11-20-18(26-16)21-17(24)13(3)14-5-7-15(8-6-14)23-10-9-22(4)19(23)25/h5-8,11-13H,9-10H2,1-4H3,(H,20,21,24)/t13-/m0/s1. The van der Waals surface area contributed by atoms with E-state index < -0.39 is 0 Å². The first-order valence-electron chi connectivity index (χ1n) is 8.76. The van der Waals surface area contributed by atoms with Gasteiger partial charge in [-0.2, -0.15) is 0 Å². The highest BCUT2D eigenvalue weighted by Crippen LogP contribution is 2.27. The summed E-state index contributed by atoms with van der Waals surface area (Å²) in [6.07, 6.45) is 1.81. The van der Waals surface area contributed by atoms with Gasteiger partial charge in [0.2, 0.25) is 5.91 Å². The molecule has 0 radical (unpaired) electrons. The maximum absolute atomic E-state index is 12.5. The molecule has 1 aromatic carbocycles. The highest BCUT2D eigenvalue weighted by atomic mass is 32.1. The topological polar surface area (TPSA) is 65.5 Å². The van der Waals surface area contributed by atoms with Crippen molar-refractivity contribution in [2.45, 2.75) is 32.6 Å². The second kappa shape index (κ2) is 7.45. The third-order valence-electron chi connectivity index (χ3n) is 4.64. The number of amides is 3. The second-order valence-electron chi connectivity index (χ2n) is 6.88. The van der Waals surface area contributed by atoms with Gasteiger partial charge in [0.05, 0.1) is 5.92 Å². The van der Waals surface area contributed by atoms with Crippen LogP contribution in [0.1, 0.15) is 43.0 Å². The third kappa shape index (κ3) is 3.72. The molecular formula is C19H24N4O2S. The van der Waals surface area contributed by atoms with Crippen molar-refractivity contribution in [3.8, 4) is 0 Å². The van der Waals surface area contributed by atoms with Gasteiger partial charge in [-0.25, -0.2) is 9.78 Å². The van der Waals surface area contributed by atoms with Crippen molar-refractivity contribution in [3.05, 3.63) is 40.9 Å². The summed E-state index contributed by atoms with van der Waals surface area (Å²) < 4.78 is 0. The van der Waals surface area contributed by atoms with Gasteiger partial charge in [0.15, 0.2) is 5.13 Å². The minimum Gasteiger partial charge on any atom is -0.326 e. The van der Waals surface area contributed by atoms with E-state index in [-0.39, 0.29) is 17.9 Å². The molecule has 1 N–H and O–H groups in total. The van der Waals surface area contributed by atoms with E-state index in [2.05, 4.69) is 24.1 Å². The summed E-state index contributed by atoms with van der Waals surface area (Å²) in [6.45, 7) is 7.49. The number of hydrogen-bond acceptors (Lipinski definition) is 4. The molecule has 138 valence electrons. The lowest BCUT2D eigenvalue weighted by Gasteiger charge is -2.17. The van der Waals surface area contributed by atoms with E-state index in [0.717, 1.165) is 22.7 Å². The van der Waals surface area contributed by atoms with Crippen molar-refractivity contribution in [1.29, 1.82) is 0 Å². The van der Waals surface area contributed by atoms with Crippen molar-refractivity contribution < 1.29 is 9.59 Å². The zero-order valence-electron chi connectivity index (χ0n) is 15.5. The zero-order valence-corrected chi connectivity index (χ0v) is 16.3. The predicted molar refractivity (Wildman–Crippen MR) is 105 cm³/mol. The second-order valence-corrected chi connectivity index (χ2v) is 7.94. The number of aromatic nitrogens is 1. The number of urea groups is 1. The first-order valence-corrected chi connectivity index (χ1v) is 9.57. The summed E-state index contributed by atoms with van der Waals surface area (Å²) in [7, 11) is 1.80. The quantitative estimate of drug-likeness (QED) is 0.866. The Morgan fingerprint density at radius 1 is 1.19 bits per heavy atom. The Kier molecular flexibility index (Phi) is 5.27. The number of likely N-dealkylation sites (N-methyl/N-ethyl adjacent to an activating group) is 1. The summed E-state index contributed by atoms with van der Waals surface area (Å²) in [5.74, 6) is 0.0160. The number of carbonyl (C=O) groups excluding carboxylic acids is 2. The van der Waals surface area contributed by atoms with Crippen LogP contribution in [0.5, 0.6) is 0 Å². The van der Waals surface area contributed by atoms with Gasteiger partial charge in [0.25, 0.3) is 0 Å². The van der Waals surface area contributed by atoms with Crippen LogP contribution in [0.15, 0.2) is 30.5 Å². The summed E-state index contributed by atoms with van der Waals surface area (Å²) in [6, 6.07) is 7.62. The van der Waals surface area contributed by atoms with Crippen molar-refractivity contribution >= 4 is 34.1 Å². The Bertz CT molecular complexity index is 800. The molecule has 1 aliphatic rings. The van der Waals surface area contributed by atoms with Crippen LogP contribution in [-0.4, -0.2) is 42.0 Å². The molecule has 2 aromatic rings. The normalized spacial score (nSPS) is 15.7. The van der Waals surface area contributed by atoms with Crippen LogP contribution in [-0.2, 0) is 4.79 Å². The number of nitrogens with zero attached hydrogens (tertiary/aromatic N) is 3. The van der Waals surface area contributed by atoms with Crippen molar-refractivity contribution in [2.24, 2.45) is 0 Å². The van der Waals surface area contributed by atoms with Crippen LogP contribution in [0.3, 0.4) is 0 Å². The Morgan fingerprint density at radius 2 is 1.88 bits per heavy atom. The minimum absolute atomic E-state index is 0.00766. The summed E-state index contributed by atoms with van der Waals surface area (Å²) in [4.78, 5) is 33.4. The molecule has 26 heavy (non-hydrogen) atoms. The van der Waals surface area contributed by atoms with Crippen LogP contribution in [0.4, 0.5) is 15.6 Å². The predicted octanol–water partition coefficient (Wildman–Crippen LogP) is 3.88. The van der Waals surface area contributed by atoms with E-state index in [9.17, 15) is 9.59 Å². The Hall–Kier alpha value is -2.41. The molecule has 1 aromatic heterocycles. The smallest absolute Gasteiger partial charge is 0.324 e. The lowest BCUT2D eigenvalue weighted by Crippen LogP contribution is -2.29. The van der Waals surface area contributed by atoms with Crippen LogP contribution in [0.2, 0.25) is 0 Å². The maximum atomic E-state index is 12.5. The molecule has 0 spiro atoms. The summed E-state index contributed by atoms with van der Waals surface area (Å²) in [5.41, 5.74) is 1.77. The number of benzene rings is 1. The first-order chi connectivity index (χ1) is 12.4.